The molecule has 0 aromatic rings. The van der Waals surface area contributed by atoms with Crippen molar-refractivity contribution < 1.29 is 19.4 Å². The van der Waals surface area contributed by atoms with E-state index >= 15 is 0 Å². The van der Waals surface area contributed by atoms with E-state index in [0.717, 1.165) is 0 Å². The van der Waals surface area contributed by atoms with Crippen LogP contribution in [0.1, 0.15) is 20.3 Å². The van der Waals surface area contributed by atoms with Crippen molar-refractivity contribution >= 4 is 11.9 Å². The fourth-order valence-electron chi connectivity index (χ4n) is 1.25. The van der Waals surface area contributed by atoms with Gasteiger partial charge in [-0.3, -0.25) is 9.59 Å². The second-order valence-corrected chi connectivity index (χ2v) is 3.67. The quantitative estimate of drug-likeness (QED) is 0.495. The molecule has 0 aliphatic carbocycles. The summed E-state index contributed by atoms with van der Waals surface area (Å²) in [5.41, 5.74) is 0. The highest BCUT2D eigenvalue weighted by Crippen LogP contribution is 1.93. The number of nitrogens with one attached hydrogen (secondary N) is 2. The van der Waals surface area contributed by atoms with Crippen LogP contribution in [-0.2, 0) is 14.3 Å². The molecule has 1 amide bonds. The fourth-order valence-corrected chi connectivity index (χ4v) is 1.25. The molecule has 0 radical (unpaired) electrons. The molecule has 0 heterocycles. The van der Waals surface area contributed by atoms with E-state index in [-0.39, 0.29) is 18.4 Å². The van der Waals surface area contributed by atoms with Gasteiger partial charge in [-0.05, 0) is 13.8 Å². The summed E-state index contributed by atoms with van der Waals surface area (Å²) < 4.78 is 4.79. The molecule has 0 aromatic carbocycles. The van der Waals surface area contributed by atoms with Gasteiger partial charge in [0.25, 0.3) is 0 Å². The van der Waals surface area contributed by atoms with Gasteiger partial charge in [0.2, 0.25) is 5.91 Å². The topological polar surface area (TPSA) is 87.7 Å². The molecule has 2 atom stereocenters. The zero-order valence-electron chi connectivity index (χ0n) is 9.95. The van der Waals surface area contributed by atoms with Crippen LogP contribution in [0.15, 0.2) is 0 Å². The van der Waals surface area contributed by atoms with E-state index in [0.29, 0.717) is 13.2 Å². The normalized spacial score (nSPS) is 14.2. The predicted molar refractivity (Wildman–Crippen MR) is 59.2 cm³/mol. The van der Waals surface area contributed by atoms with Gasteiger partial charge >= 0.3 is 5.97 Å². The summed E-state index contributed by atoms with van der Waals surface area (Å²) in [6.45, 7) is 4.34. The van der Waals surface area contributed by atoms with Crippen molar-refractivity contribution in [2.75, 3.05) is 20.3 Å². The molecule has 0 spiro atoms. The first-order chi connectivity index (χ1) is 7.47. The van der Waals surface area contributed by atoms with E-state index in [2.05, 4.69) is 10.6 Å². The first-order valence-electron chi connectivity index (χ1n) is 5.21. The van der Waals surface area contributed by atoms with Crippen molar-refractivity contribution in [1.82, 2.24) is 10.6 Å². The predicted octanol–water partition coefficient (Wildman–Crippen LogP) is -0.410. The Balaban J connectivity index is 3.81. The molecule has 0 rings (SSSR count). The number of rotatable bonds is 8. The summed E-state index contributed by atoms with van der Waals surface area (Å²) in [6.07, 6.45) is -0.00427. The lowest BCUT2D eigenvalue weighted by atomic mass is 10.2. The first-order valence-corrected chi connectivity index (χ1v) is 5.21. The van der Waals surface area contributed by atoms with Crippen molar-refractivity contribution in [3.05, 3.63) is 0 Å². The maximum Gasteiger partial charge on any atom is 0.304 e. The Labute approximate surface area is 95.4 Å². The Morgan fingerprint density at radius 1 is 1.38 bits per heavy atom. The van der Waals surface area contributed by atoms with Crippen LogP contribution in [0, 0.1) is 0 Å². The van der Waals surface area contributed by atoms with Gasteiger partial charge in [-0.15, -0.1) is 0 Å². The minimum Gasteiger partial charge on any atom is -0.481 e. The monoisotopic (exact) mass is 232 g/mol. The Morgan fingerprint density at radius 3 is 2.50 bits per heavy atom. The number of aliphatic carboxylic acids is 1. The van der Waals surface area contributed by atoms with Crippen LogP contribution in [0.25, 0.3) is 0 Å². The third-order valence-electron chi connectivity index (χ3n) is 2.01. The van der Waals surface area contributed by atoms with Crippen LogP contribution in [0.3, 0.4) is 0 Å². The number of ether oxygens (including phenoxy) is 1. The smallest absolute Gasteiger partial charge is 0.304 e. The zero-order valence-corrected chi connectivity index (χ0v) is 9.95. The molecule has 2 unspecified atom stereocenters. The van der Waals surface area contributed by atoms with E-state index in [9.17, 15) is 9.59 Å². The Morgan fingerprint density at radius 2 is 2.00 bits per heavy atom. The molecule has 6 nitrogen and oxygen atoms in total. The number of carbonyl (C=O) groups is 2. The molecule has 94 valence electrons. The minimum atomic E-state index is -0.882. The van der Waals surface area contributed by atoms with E-state index < -0.39 is 12.0 Å². The number of amides is 1. The molecular weight excluding hydrogens is 212 g/mol. The highest BCUT2D eigenvalue weighted by Gasteiger charge is 2.16. The number of carboxylic acids is 1. The van der Waals surface area contributed by atoms with Gasteiger partial charge in [0.1, 0.15) is 0 Å². The maximum absolute atomic E-state index is 11.5. The minimum absolute atomic E-state index is 0.00427. The first kappa shape index (κ1) is 14.9. The molecule has 16 heavy (non-hydrogen) atoms. The lowest BCUT2D eigenvalue weighted by molar-refractivity contribution is -0.137. The van der Waals surface area contributed by atoms with E-state index in [1.807, 2.05) is 0 Å². The summed E-state index contributed by atoms with van der Waals surface area (Å²) in [5, 5.41) is 14.1. The summed E-state index contributed by atoms with van der Waals surface area (Å²) in [4.78, 5) is 21.9. The lowest BCUT2D eigenvalue weighted by Gasteiger charge is -2.18. The Hall–Kier alpha value is -1.14. The van der Waals surface area contributed by atoms with Gasteiger partial charge < -0.3 is 20.5 Å². The van der Waals surface area contributed by atoms with Crippen LogP contribution in [0.2, 0.25) is 0 Å². The average molecular weight is 232 g/mol. The second kappa shape index (κ2) is 8.06. The van der Waals surface area contributed by atoms with E-state index in [1.165, 1.54) is 0 Å². The van der Waals surface area contributed by atoms with Gasteiger partial charge in [0.15, 0.2) is 0 Å². The SMILES string of the molecule is COCCNC(=O)C(C)NC(C)CC(=O)O. The van der Waals surface area contributed by atoms with Crippen LogP contribution in [0.4, 0.5) is 0 Å². The van der Waals surface area contributed by atoms with E-state index in [1.54, 1.807) is 21.0 Å². The van der Waals surface area contributed by atoms with Crippen molar-refractivity contribution in [2.45, 2.75) is 32.4 Å². The third kappa shape index (κ3) is 7.19. The summed E-state index contributed by atoms with van der Waals surface area (Å²) in [7, 11) is 1.56. The average Bonchev–Trinajstić information content (AvgIpc) is 2.16. The van der Waals surface area contributed by atoms with Crippen LogP contribution in [0.5, 0.6) is 0 Å². The van der Waals surface area contributed by atoms with Crippen LogP contribution in [-0.4, -0.2) is 49.3 Å². The zero-order chi connectivity index (χ0) is 12.6. The van der Waals surface area contributed by atoms with Gasteiger partial charge in [-0.2, -0.15) is 0 Å². The largest absolute Gasteiger partial charge is 0.481 e. The molecule has 3 N–H and O–H groups in total. The molecule has 0 bridgehead atoms. The number of hydrogen-bond donors (Lipinski definition) is 3. The molecule has 0 aromatic heterocycles. The van der Waals surface area contributed by atoms with Crippen LogP contribution >= 0.6 is 0 Å². The molecule has 6 heteroatoms. The van der Waals surface area contributed by atoms with Crippen molar-refractivity contribution in [2.24, 2.45) is 0 Å². The number of hydrogen-bond acceptors (Lipinski definition) is 4. The van der Waals surface area contributed by atoms with Crippen molar-refractivity contribution in [3.8, 4) is 0 Å². The molecule has 0 aliphatic rings. The molecule has 0 aliphatic heterocycles. The van der Waals surface area contributed by atoms with Gasteiger partial charge in [-0.1, -0.05) is 0 Å². The number of carboxylic acid groups (broad SMARTS) is 1. The van der Waals surface area contributed by atoms with Gasteiger partial charge in [0, 0.05) is 19.7 Å². The van der Waals surface area contributed by atoms with Crippen LogP contribution < -0.4 is 10.6 Å². The third-order valence-corrected chi connectivity index (χ3v) is 2.01. The second-order valence-electron chi connectivity index (χ2n) is 3.67. The molecule has 0 saturated heterocycles. The van der Waals surface area contributed by atoms with E-state index in [4.69, 9.17) is 9.84 Å². The molecule has 0 saturated carbocycles. The van der Waals surface area contributed by atoms with Gasteiger partial charge in [-0.25, -0.2) is 0 Å². The van der Waals surface area contributed by atoms with Gasteiger partial charge in [0.05, 0.1) is 19.1 Å². The highest BCUT2D eigenvalue weighted by atomic mass is 16.5. The highest BCUT2D eigenvalue weighted by molar-refractivity contribution is 5.81. The molecular formula is C10H20N2O4. The summed E-state index contributed by atoms with van der Waals surface area (Å²) in [6, 6.07) is -0.646. The Bertz CT molecular complexity index is 233. The number of methoxy groups -OCH3 is 1. The van der Waals surface area contributed by atoms with Crippen molar-refractivity contribution in [3.63, 3.8) is 0 Å². The Kier molecular flexibility index (Phi) is 7.49. The standard InChI is InChI=1S/C10H20N2O4/c1-7(6-9(13)14)12-8(2)10(15)11-4-5-16-3/h7-8,12H,4-6H2,1-3H3,(H,11,15)(H,13,14). The molecule has 0 fully saturated rings. The lowest BCUT2D eigenvalue weighted by Crippen LogP contribution is -2.46. The van der Waals surface area contributed by atoms with Crippen molar-refractivity contribution in [1.29, 1.82) is 0 Å². The fraction of sp³-hybridized carbons (Fsp3) is 0.800. The summed E-state index contributed by atoms with van der Waals surface area (Å²) in [5.74, 6) is -1.04. The number of carbonyl (C=O) groups excluding carboxylic acids is 1. The maximum atomic E-state index is 11.5. The summed E-state index contributed by atoms with van der Waals surface area (Å²) >= 11 is 0.